The molecule has 0 aliphatic carbocycles. The van der Waals surface area contributed by atoms with E-state index in [2.05, 4.69) is 0 Å². The lowest BCUT2D eigenvalue weighted by atomic mass is 10.2. The molecule has 0 saturated carbocycles. The highest BCUT2D eigenvalue weighted by Gasteiger charge is 2.37. The largest absolute Gasteiger partial charge is 0.323 e. The van der Waals surface area contributed by atoms with Crippen molar-refractivity contribution in [2.75, 3.05) is 19.8 Å². The maximum Gasteiger partial charge on any atom is 0.289 e. The molecule has 0 atom stereocenters. The molecule has 1 heterocycles. The van der Waals surface area contributed by atoms with Crippen LogP contribution >= 0.6 is 0 Å². The van der Waals surface area contributed by atoms with Crippen LogP contribution in [0.1, 0.15) is 10.4 Å². The van der Waals surface area contributed by atoms with Crippen LogP contribution in [0.25, 0.3) is 0 Å². The van der Waals surface area contributed by atoms with Crippen molar-refractivity contribution in [3.05, 3.63) is 70.3 Å². The lowest BCUT2D eigenvalue weighted by Crippen LogP contribution is -2.34. The SMILES string of the molecule is O=C(c1ccccc1)N1CCN(S(=O)(=O)c2ccccc2[N+](=O)[O-])C1. The Bertz CT molecular complexity index is 914. The number of carbonyl (C=O) groups is 1. The first-order valence-electron chi connectivity index (χ1n) is 7.49. The first kappa shape index (κ1) is 17.1. The fraction of sp³-hybridized carbons (Fsp3) is 0.188. The van der Waals surface area contributed by atoms with Crippen LogP contribution in [0.4, 0.5) is 5.69 Å². The Balaban J connectivity index is 1.84. The summed E-state index contributed by atoms with van der Waals surface area (Å²) < 4.78 is 26.6. The Morgan fingerprint density at radius 2 is 1.64 bits per heavy atom. The first-order chi connectivity index (χ1) is 11.9. The second kappa shape index (κ2) is 6.61. The number of nitro benzene ring substituents is 1. The van der Waals surface area contributed by atoms with Crippen molar-refractivity contribution in [1.29, 1.82) is 0 Å². The lowest BCUT2D eigenvalue weighted by molar-refractivity contribution is -0.387. The standard InChI is InChI=1S/C16H15N3O5S/c20-16(13-6-2-1-3-7-13)17-10-11-18(12-17)25(23,24)15-9-5-4-8-14(15)19(21)22/h1-9H,10-12H2. The van der Waals surface area contributed by atoms with Crippen LogP contribution in [0.3, 0.4) is 0 Å². The predicted molar refractivity (Wildman–Crippen MR) is 89.3 cm³/mol. The van der Waals surface area contributed by atoms with Gasteiger partial charge in [-0.05, 0) is 18.2 Å². The van der Waals surface area contributed by atoms with Gasteiger partial charge in [0, 0.05) is 24.7 Å². The van der Waals surface area contributed by atoms with Gasteiger partial charge in [-0.1, -0.05) is 30.3 Å². The van der Waals surface area contributed by atoms with E-state index in [1.165, 1.54) is 23.1 Å². The number of benzene rings is 2. The van der Waals surface area contributed by atoms with E-state index >= 15 is 0 Å². The molecule has 2 aromatic rings. The van der Waals surface area contributed by atoms with Crippen molar-refractivity contribution in [1.82, 2.24) is 9.21 Å². The summed E-state index contributed by atoms with van der Waals surface area (Å²) in [7, 11) is -4.07. The predicted octanol–water partition coefficient (Wildman–Crippen LogP) is 1.70. The molecular weight excluding hydrogens is 346 g/mol. The van der Waals surface area contributed by atoms with Crippen molar-refractivity contribution in [3.63, 3.8) is 0 Å². The Hall–Kier alpha value is -2.78. The molecule has 1 saturated heterocycles. The normalized spacial score (nSPS) is 15.3. The lowest BCUT2D eigenvalue weighted by Gasteiger charge is -2.18. The summed E-state index contributed by atoms with van der Waals surface area (Å²) in [5, 5.41) is 11.1. The minimum Gasteiger partial charge on any atom is -0.323 e. The van der Waals surface area contributed by atoms with Crippen LogP contribution < -0.4 is 0 Å². The van der Waals surface area contributed by atoms with Crippen molar-refractivity contribution < 1.29 is 18.1 Å². The minimum absolute atomic E-state index is 0.0902. The Morgan fingerprint density at radius 1 is 1.00 bits per heavy atom. The number of hydrogen-bond acceptors (Lipinski definition) is 5. The number of sulfonamides is 1. The zero-order chi connectivity index (χ0) is 18.0. The van der Waals surface area contributed by atoms with Crippen molar-refractivity contribution >= 4 is 21.6 Å². The summed E-state index contributed by atoms with van der Waals surface area (Å²) >= 11 is 0. The molecule has 25 heavy (non-hydrogen) atoms. The fourth-order valence-electron chi connectivity index (χ4n) is 2.65. The van der Waals surface area contributed by atoms with Gasteiger partial charge < -0.3 is 4.90 Å². The molecule has 1 aliphatic rings. The van der Waals surface area contributed by atoms with Gasteiger partial charge in [0.25, 0.3) is 21.6 Å². The smallest absolute Gasteiger partial charge is 0.289 e. The van der Waals surface area contributed by atoms with Crippen LogP contribution in [0.5, 0.6) is 0 Å². The third-order valence-corrected chi connectivity index (χ3v) is 5.81. The van der Waals surface area contributed by atoms with Crippen LogP contribution in [0.2, 0.25) is 0 Å². The molecule has 1 amide bonds. The summed E-state index contributed by atoms with van der Waals surface area (Å²) in [5.41, 5.74) is -0.0113. The molecular formula is C16H15N3O5S. The van der Waals surface area contributed by atoms with Crippen molar-refractivity contribution in [2.45, 2.75) is 4.90 Å². The summed E-state index contributed by atoms with van der Waals surface area (Å²) in [5.74, 6) is -0.277. The van der Waals surface area contributed by atoms with Gasteiger partial charge in [-0.2, -0.15) is 4.31 Å². The zero-order valence-corrected chi connectivity index (χ0v) is 13.9. The third kappa shape index (κ3) is 3.24. The Morgan fingerprint density at radius 3 is 2.32 bits per heavy atom. The maximum atomic E-state index is 12.7. The number of nitro groups is 1. The van der Waals surface area contributed by atoms with Gasteiger partial charge >= 0.3 is 0 Å². The van der Waals surface area contributed by atoms with Crippen LogP contribution in [-0.4, -0.2) is 48.2 Å². The topological polar surface area (TPSA) is 101 Å². The number of hydrogen-bond donors (Lipinski definition) is 0. The van der Waals surface area contributed by atoms with Crippen molar-refractivity contribution in [3.8, 4) is 0 Å². The van der Waals surface area contributed by atoms with E-state index in [4.69, 9.17) is 0 Å². The fourth-order valence-corrected chi connectivity index (χ4v) is 4.20. The number of nitrogens with zero attached hydrogens (tertiary/aromatic N) is 3. The zero-order valence-electron chi connectivity index (χ0n) is 13.1. The second-order valence-corrected chi connectivity index (χ2v) is 7.39. The van der Waals surface area contributed by atoms with E-state index in [0.29, 0.717) is 5.56 Å². The first-order valence-corrected chi connectivity index (χ1v) is 8.93. The van der Waals surface area contributed by atoms with Gasteiger partial charge in [0.1, 0.15) is 0 Å². The molecule has 2 aromatic carbocycles. The van der Waals surface area contributed by atoms with E-state index in [1.54, 1.807) is 30.3 Å². The molecule has 8 nitrogen and oxygen atoms in total. The van der Waals surface area contributed by atoms with Gasteiger partial charge in [0.15, 0.2) is 4.90 Å². The van der Waals surface area contributed by atoms with E-state index in [-0.39, 0.29) is 30.6 Å². The highest BCUT2D eigenvalue weighted by molar-refractivity contribution is 7.89. The van der Waals surface area contributed by atoms with E-state index in [1.807, 2.05) is 0 Å². The minimum atomic E-state index is -4.07. The second-order valence-electron chi connectivity index (χ2n) is 5.48. The summed E-state index contributed by atoms with van der Waals surface area (Å²) in [4.78, 5) is 23.8. The highest BCUT2D eigenvalue weighted by Crippen LogP contribution is 2.28. The molecule has 9 heteroatoms. The van der Waals surface area contributed by atoms with Gasteiger partial charge in [-0.25, -0.2) is 8.42 Å². The Labute approximate surface area is 144 Å². The third-order valence-electron chi connectivity index (χ3n) is 3.94. The molecule has 0 aromatic heterocycles. The number of rotatable bonds is 4. The molecule has 3 rings (SSSR count). The summed E-state index contributed by atoms with van der Waals surface area (Å²) in [6.07, 6.45) is 0. The average Bonchev–Trinajstić information content (AvgIpc) is 3.12. The molecule has 0 N–H and O–H groups in total. The van der Waals surface area contributed by atoms with Crippen LogP contribution in [0, 0.1) is 10.1 Å². The average molecular weight is 361 g/mol. The molecule has 0 bridgehead atoms. The molecule has 1 aliphatic heterocycles. The summed E-state index contributed by atoms with van der Waals surface area (Å²) in [6, 6.07) is 13.7. The molecule has 0 unspecified atom stereocenters. The van der Waals surface area contributed by atoms with Gasteiger partial charge in [0.2, 0.25) is 0 Å². The number of amides is 1. The number of para-hydroxylation sites is 1. The van der Waals surface area contributed by atoms with E-state index < -0.39 is 20.6 Å². The van der Waals surface area contributed by atoms with Crippen LogP contribution in [0.15, 0.2) is 59.5 Å². The molecule has 0 spiro atoms. The van der Waals surface area contributed by atoms with Gasteiger partial charge in [0.05, 0.1) is 11.6 Å². The quantitative estimate of drug-likeness (QED) is 0.609. The molecule has 130 valence electrons. The van der Waals surface area contributed by atoms with Gasteiger partial charge in [-0.15, -0.1) is 0 Å². The number of carbonyl (C=O) groups excluding carboxylic acids is 1. The molecule has 1 fully saturated rings. The highest BCUT2D eigenvalue weighted by atomic mass is 32.2. The van der Waals surface area contributed by atoms with E-state index in [0.717, 1.165) is 10.4 Å². The maximum absolute atomic E-state index is 12.7. The monoisotopic (exact) mass is 361 g/mol. The molecule has 0 radical (unpaired) electrons. The Kier molecular flexibility index (Phi) is 4.51. The summed E-state index contributed by atoms with van der Waals surface area (Å²) in [6.45, 7) is 0.183. The van der Waals surface area contributed by atoms with Crippen LogP contribution in [-0.2, 0) is 10.0 Å². The van der Waals surface area contributed by atoms with Crippen molar-refractivity contribution in [2.24, 2.45) is 0 Å². The van der Waals surface area contributed by atoms with E-state index in [9.17, 15) is 23.3 Å². The van der Waals surface area contributed by atoms with Gasteiger partial charge in [-0.3, -0.25) is 14.9 Å².